The molecule has 1 saturated heterocycles. The Morgan fingerprint density at radius 1 is 1.40 bits per heavy atom. The number of halogens is 2. The van der Waals surface area contributed by atoms with Crippen LogP contribution >= 0.6 is 31.9 Å². The summed E-state index contributed by atoms with van der Waals surface area (Å²) in [6.45, 7) is 2.61. The van der Waals surface area contributed by atoms with E-state index < -0.39 is 11.5 Å². The molecule has 1 atom stereocenters. The van der Waals surface area contributed by atoms with Gasteiger partial charge in [-0.05, 0) is 54.4 Å². The number of aromatic carboxylic acids is 1. The van der Waals surface area contributed by atoms with Crippen LogP contribution in [0.1, 0.15) is 30.1 Å². The van der Waals surface area contributed by atoms with Crippen LogP contribution in [0.2, 0.25) is 0 Å². The SMILES string of the molecule is CC1(C(=O)Nc2c(Br)cc(Br)cc2C(=O)O)CCCN1. The largest absolute Gasteiger partial charge is 0.478 e. The average Bonchev–Trinajstić information content (AvgIpc) is 2.80. The molecule has 1 aromatic rings. The van der Waals surface area contributed by atoms with E-state index in [0.29, 0.717) is 8.95 Å². The maximum Gasteiger partial charge on any atom is 0.337 e. The molecule has 1 aliphatic heterocycles. The van der Waals surface area contributed by atoms with Gasteiger partial charge in [0.15, 0.2) is 0 Å². The van der Waals surface area contributed by atoms with Crippen molar-refractivity contribution in [3.63, 3.8) is 0 Å². The molecule has 1 heterocycles. The van der Waals surface area contributed by atoms with E-state index in [2.05, 4.69) is 42.5 Å². The summed E-state index contributed by atoms with van der Waals surface area (Å²) in [4.78, 5) is 23.6. The predicted octanol–water partition coefficient (Wildman–Crippen LogP) is 2.99. The molecule has 1 amide bonds. The molecular formula is C13H14Br2N2O3. The van der Waals surface area contributed by atoms with Gasteiger partial charge in [-0.15, -0.1) is 0 Å². The smallest absolute Gasteiger partial charge is 0.337 e. The number of carboxylic acids is 1. The molecule has 1 unspecified atom stereocenters. The summed E-state index contributed by atoms with van der Waals surface area (Å²) in [7, 11) is 0. The molecule has 2 rings (SSSR count). The van der Waals surface area contributed by atoms with Gasteiger partial charge in [0.05, 0.1) is 16.8 Å². The van der Waals surface area contributed by atoms with Gasteiger partial charge in [-0.3, -0.25) is 4.79 Å². The van der Waals surface area contributed by atoms with Crippen LogP contribution in [0.5, 0.6) is 0 Å². The van der Waals surface area contributed by atoms with Crippen molar-refractivity contribution in [3.8, 4) is 0 Å². The van der Waals surface area contributed by atoms with Crippen molar-refractivity contribution in [2.24, 2.45) is 0 Å². The van der Waals surface area contributed by atoms with Gasteiger partial charge in [0, 0.05) is 8.95 Å². The van der Waals surface area contributed by atoms with E-state index in [1.807, 2.05) is 6.92 Å². The van der Waals surface area contributed by atoms with Crippen LogP contribution in [-0.4, -0.2) is 29.1 Å². The third-order valence-corrected chi connectivity index (χ3v) is 4.48. The third kappa shape index (κ3) is 3.05. The van der Waals surface area contributed by atoms with E-state index in [9.17, 15) is 14.7 Å². The number of hydrogen-bond donors (Lipinski definition) is 3. The van der Waals surface area contributed by atoms with Crippen LogP contribution < -0.4 is 10.6 Å². The third-order valence-electron chi connectivity index (χ3n) is 3.39. The van der Waals surface area contributed by atoms with Crippen LogP contribution in [0.15, 0.2) is 21.1 Å². The molecule has 0 spiro atoms. The second-order valence-electron chi connectivity index (χ2n) is 4.93. The topological polar surface area (TPSA) is 78.4 Å². The Kier molecular flexibility index (Phi) is 4.51. The minimum atomic E-state index is -1.09. The molecule has 1 aliphatic rings. The minimum absolute atomic E-state index is 0.0428. The molecule has 20 heavy (non-hydrogen) atoms. The average molecular weight is 406 g/mol. The second-order valence-corrected chi connectivity index (χ2v) is 6.70. The second kappa shape index (κ2) is 5.83. The Morgan fingerprint density at radius 2 is 2.10 bits per heavy atom. The molecule has 7 heteroatoms. The number of hydrogen-bond acceptors (Lipinski definition) is 3. The number of carboxylic acid groups (broad SMARTS) is 1. The van der Waals surface area contributed by atoms with Gasteiger partial charge in [-0.25, -0.2) is 4.79 Å². The number of carbonyl (C=O) groups excluding carboxylic acids is 1. The molecule has 1 aromatic carbocycles. The van der Waals surface area contributed by atoms with Crippen molar-refractivity contribution in [2.75, 3.05) is 11.9 Å². The number of anilines is 1. The van der Waals surface area contributed by atoms with Gasteiger partial charge < -0.3 is 15.7 Å². The monoisotopic (exact) mass is 404 g/mol. The Morgan fingerprint density at radius 3 is 2.65 bits per heavy atom. The lowest BCUT2D eigenvalue weighted by Gasteiger charge is -2.24. The molecule has 0 radical (unpaired) electrons. The van der Waals surface area contributed by atoms with Gasteiger partial charge in [0.1, 0.15) is 0 Å². The summed E-state index contributed by atoms with van der Waals surface area (Å²) in [6, 6.07) is 3.17. The van der Waals surface area contributed by atoms with Crippen molar-refractivity contribution >= 4 is 49.4 Å². The Balaban J connectivity index is 2.33. The van der Waals surface area contributed by atoms with Gasteiger partial charge in [0.2, 0.25) is 5.91 Å². The summed E-state index contributed by atoms with van der Waals surface area (Å²) >= 11 is 6.53. The predicted molar refractivity (Wildman–Crippen MR) is 83.1 cm³/mol. The van der Waals surface area contributed by atoms with Crippen LogP contribution in [0.25, 0.3) is 0 Å². The Labute approximate surface area is 133 Å². The number of nitrogens with one attached hydrogen (secondary N) is 2. The zero-order chi connectivity index (χ0) is 14.9. The van der Waals surface area contributed by atoms with Crippen molar-refractivity contribution in [1.82, 2.24) is 5.32 Å². The van der Waals surface area contributed by atoms with Crippen molar-refractivity contribution in [3.05, 3.63) is 26.6 Å². The highest BCUT2D eigenvalue weighted by atomic mass is 79.9. The molecule has 1 fully saturated rings. The first-order chi connectivity index (χ1) is 9.33. The van der Waals surface area contributed by atoms with Crippen LogP contribution in [0, 0.1) is 0 Å². The maximum atomic E-state index is 12.3. The lowest BCUT2D eigenvalue weighted by Crippen LogP contribution is -2.48. The first-order valence-corrected chi connectivity index (χ1v) is 7.71. The lowest BCUT2D eigenvalue weighted by atomic mass is 9.99. The Hall–Kier alpha value is -0.920. The molecule has 108 valence electrons. The summed E-state index contributed by atoms with van der Waals surface area (Å²) in [5, 5.41) is 15.1. The van der Waals surface area contributed by atoms with E-state index in [-0.39, 0.29) is 17.2 Å². The lowest BCUT2D eigenvalue weighted by molar-refractivity contribution is -0.121. The Bertz CT molecular complexity index is 569. The molecule has 0 aliphatic carbocycles. The fourth-order valence-electron chi connectivity index (χ4n) is 2.21. The molecule has 0 aromatic heterocycles. The van der Waals surface area contributed by atoms with E-state index in [4.69, 9.17) is 0 Å². The molecule has 0 bridgehead atoms. The zero-order valence-corrected chi connectivity index (χ0v) is 14.0. The van der Waals surface area contributed by atoms with Crippen LogP contribution in [0.3, 0.4) is 0 Å². The summed E-state index contributed by atoms with van der Waals surface area (Å²) < 4.78 is 1.16. The summed E-state index contributed by atoms with van der Waals surface area (Å²) in [6.07, 6.45) is 1.66. The molecule has 5 nitrogen and oxygen atoms in total. The van der Waals surface area contributed by atoms with E-state index in [0.717, 1.165) is 19.4 Å². The van der Waals surface area contributed by atoms with Gasteiger partial charge in [-0.2, -0.15) is 0 Å². The summed E-state index contributed by atoms with van der Waals surface area (Å²) in [5.74, 6) is -1.31. The number of benzene rings is 1. The number of carbonyl (C=O) groups is 2. The standard InChI is InChI=1S/C13H14Br2N2O3/c1-13(3-2-4-16-13)12(20)17-10-8(11(18)19)5-7(14)6-9(10)15/h5-6,16H,2-4H2,1H3,(H,17,20)(H,18,19). The minimum Gasteiger partial charge on any atom is -0.478 e. The maximum absolute atomic E-state index is 12.3. The normalized spacial score (nSPS) is 21.8. The van der Waals surface area contributed by atoms with Crippen LogP contribution in [-0.2, 0) is 4.79 Å². The van der Waals surface area contributed by atoms with Crippen LogP contribution in [0.4, 0.5) is 5.69 Å². The first kappa shape index (κ1) is 15.5. The van der Waals surface area contributed by atoms with Gasteiger partial charge in [0.25, 0.3) is 0 Å². The number of amides is 1. The van der Waals surface area contributed by atoms with Gasteiger partial charge in [-0.1, -0.05) is 15.9 Å². The van der Waals surface area contributed by atoms with E-state index >= 15 is 0 Å². The fraction of sp³-hybridized carbons (Fsp3) is 0.385. The van der Waals surface area contributed by atoms with Crippen molar-refractivity contribution in [2.45, 2.75) is 25.3 Å². The van der Waals surface area contributed by atoms with E-state index in [1.54, 1.807) is 6.07 Å². The van der Waals surface area contributed by atoms with Crippen molar-refractivity contribution in [1.29, 1.82) is 0 Å². The van der Waals surface area contributed by atoms with Gasteiger partial charge >= 0.3 is 5.97 Å². The molecular weight excluding hydrogens is 392 g/mol. The van der Waals surface area contributed by atoms with E-state index in [1.165, 1.54) is 6.07 Å². The fourth-order valence-corrected chi connectivity index (χ4v) is 3.53. The zero-order valence-electron chi connectivity index (χ0n) is 10.8. The highest BCUT2D eigenvalue weighted by molar-refractivity contribution is 9.11. The highest BCUT2D eigenvalue weighted by Gasteiger charge is 2.36. The number of rotatable bonds is 3. The first-order valence-electron chi connectivity index (χ1n) is 6.12. The molecule has 0 saturated carbocycles. The quantitative estimate of drug-likeness (QED) is 0.722. The molecule has 3 N–H and O–H groups in total. The van der Waals surface area contributed by atoms with Crippen molar-refractivity contribution < 1.29 is 14.7 Å². The summed E-state index contributed by atoms with van der Waals surface area (Å²) in [5.41, 5.74) is -0.329. The highest BCUT2D eigenvalue weighted by Crippen LogP contribution is 2.32.